The molecule has 0 fully saturated rings. The van der Waals surface area contributed by atoms with Crippen LogP contribution < -0.4 is 11.1 Å². The maximum absolute atomic E-state index is 12.3. The molecule has 1 aromatic heterocycles. The van der Waals surface area contributed by atoms with Crippen molar-refractivity contribution in [3.05, 3.63) is 109 Å². The highest BCUT2D eigenvalue weighted by atomic mass is 16.1. The molecule has 1 heterocycles. The average molecular weight is 385 g/mol. The predicted octanol–water partition coefficient (Wildman–Crippen LogP) is 4.99. The SMILES string of the molecule is C=C\C(=C/C=C/C=C\C=C/C)c1c(N)cc(NC(=O)c2cccnc2)cc1C=O. The van der Waals surface area contributed by atoms with Crippen LogP contribution in [-0.2, 0) is 0 Å². The van der Waals surface area contributed by atoms with Crippen LogP contribution in [0.1, 0.15) is 33.2 Å². The van der Waals surface area contributed by atoms with Crippen LogP contribution in [0.3, 0.4) is 0 Å². The number of carbonyl (C=O) groups excluding carboxylic acids is 2. The molecule has 146 valence electrons. The van der Waals surface area contributed by atoms with Crippen molar-refractivity contribution in [2.75, 3.05) is 11.1 Å². The number of rotatable bonds is 8. The van der Waals surface area contributed by atoms with Crippen LogP contribution in [0.25, 0.3) is 5.57 Å². The van der Waals surface area contributed by atoms with E-state index in [4.69, 9.17) is 5.73 Å². The first-order chi connectivity index (χ1) is 14.1. The summed E-state index contributed by atoms with van der Waals surface area (Å²) < 4.78 is 0. The van der Waals surface area contributed by atoms with Crippen LogP contribution in [0.4, 0.5) is 11.4 Å². The Morgan fingerprint density at radius 3 is 2.59 bits per heavy atom. The van der Waals surface area contributed by atoms with Gasteiger partial charge in [0.05, 0.1) is 5.56 Å². The maximum atomic E-state index is 12.3. The molecule has 0 spiro atoms. The predicted molar refractivity (Wildman–Crippen MR) is 120 cm³/mol. The number of aromatic nitrogens is 1. The van der Waals surface area contributed by atoms with E-state index in [2.05, 4.69) is 16.9 Å². The lowest BCUT2D eigenvalue weighted by atomic mass is 9.97. The van der Waals surface area contributed by atoms with Gasteiger partial charge in [-0.3, -0.25) is 14.6 Å². The van der Waals surface area contributed by atoms with E-state index in [-0.39, 0.29) is 5.91 Å². The van der Waals surface area contributed by atoms with Gasteiger partial charge in [0.15, 0.2) is 6.29 Å². The van der Waals surface area contributed by atoms with Crippen molar-refractivity contribution in [2.24, 2.45) is 0 Å². The van der Waals surface area contributed by atoms with Crippen LogP contribution in [0.15, 0.2) is 91.8 Å². The largest absolute Gasteiger partial charge is 0.398 e. The molecule has 0 bridgehead atoms. The summed E-state index contributed by atoms with van der Waals surface area (Å²) in [6.45, 7) is 5.75. The zero-order chi connectivity index (χ0) is 21.1. The van der Waals surface area contributed by atoms with E-state index in [0.717, 1.165) is 0 Å². The molecule has 0 aliphatic rings. The molecule has 5 nitrogen and oxygen atoms in total. The number of anilines is 2. The number of pyridine rings is 1. The zero-order valence-corrected chi connectivity index (χ0v) is 16.2. The van der Waals surface area contributed by atoms with E-state index < -0.39 is 0 Å². The summed E-state index contributed by atoms with van der Waals surface area (Å²) in [5, 5.41) is 2.74. The molecule has 2 rings (SSSR count). The fourth-order valence-electron chi connectivity index (χ4n) is 2.60. The standard InChI is InChI=1S/C24H23N3O2/c1-3-5-6-7-8-9-11-18(4-2)23-20(17-28)14-21(15-22(23)25)27-24(29)19-12-10-13-26-16-19/h3-17H,2,25H2,1H3,(H,27,29)/b5-3-,7-6-,9-8+,18-11+. The number of nitrogen functional groups attached to an aromatic ring is 1. The van der Waals surface area contributed by atoms with Crippen molar-refractivity contribution in [3.8, 4) is 0 Å². The third kappa shape index (κ3) is 6.01. The monoisotopic (exact) mass is 385 g/mol. The van der Waals surface area contributed by atoms with Gasteiger partial charge >= 0.3 is 0 Å². The topological polar surface area (TPSA) is 85.1 Å². The number of aldehydes is 1. The summed E-state index contributed by atoms with van der Waals surface area (Å²) in [5.74, 6) is -0.336. The van der Waals surface area contributed by atoms with Crippen LogP contribution in [0, 0.1) is 0 Å². The van der Waals surface area contributed by atoms with E-state index in [0.29, 0.717) is 39.9 Å². The summed E-state index contributed by atoms with van der Waals surface area (Å²) in [7, 11) is 0. The minimum atomic E-state index is -0.336. The molecule has 0 unspecified atom stereocenters. The Morgan fingerprint density at radius 2 is 1.93 bits per heavy atom. The molecule has 0 saturated carbocycles. The summed E-state index contributed by atoms with van der Waals surface area (Å²) in [6, 6.07) is 6.52. The van der Waals surface area contributed by atoms with Crippen molar-refractivity contribution in [2.45, 2.75) is 6.92 Å². The lowest BCUT2D eigenvalue weighted by molar-refractivity contribution is 0.102. The number of hydrogen-bond acceptors (Lipinski definition) is 4. The molecule has 29 heavy (non-hydrogen) atoms. The first kappa shape index (κ1) is 21.3. The van der Waals surface area contributed by atoms with E-state index >= 15 is 0 Å². The lowest BCUT2D eigenvalue weighted by Crippen LogP contribution is -2.13. The van der Waals surface area contributed by atoms with Crippen LogP contribution in [0.5, 0.6) is 0 Å². The fraction of sp³-hybridized carbons (Fsp3) is 0.0417. The minimum Gasteiger partial charge on any atom is -0.398 e. The highest BCUT2D eigenvalue weighted by Crippen LogP contribution is 2.29. The summed E-state index contributed by atoms with van der Waals surface area (Å²) in [4.78, 5) is 27.9. The van der Waals surface area contributed by atoms with E-state index in [1.54, 1.807) is 36.5 Å². The lowest BCUT2D eigenvalue weighted by Gasteiger charge is -2.13. The summed E-state index contributed by atoms with van der Waals surface area (Å²) in [5.41, 5.74) is 9.02. The Labute approximate surface area is 170 Å². The first-order valence-electron chi connectivity index (χ1n) is 9.00. The number of allylic oxidation sites excluding steroid dienone is 9. The minimum absolute atomic E-state index is 0.336. The molecule has 5 heteroatoms. The number of hydrogen-bond donors (Lipinski definition) is 2. The summed E-state index contributed by atoms with van der Waals surface area (Å²) >= 11 is 0. The van der Waals surface area contributed by atoms with Crippen molar-refractivity contribution in [1.82, 2.24) is 4.98 Å². The second kappa shape index (κ2) is 11.0. The normalized spacial score (nSPS) is 12.0. The first-order valence-corrected chi connectivity index (χ1v) is 9.00. The number of nitrogens with zero attached hydrogens (tertiary/aromatic N) is 1. The number of nitrogens with one attached hydrogen (secondary N) is 1. The molecule has 1 amide bonds. The van der Waals surface area contributed by atoms with Crippen LogP contribution >= 0.6 is 0 Å². The van der Waals surface area contributed by atoms with Gasteiger partial charge < -0.3 is 11.1 Å². The molecule has 0 aliphatic heterocycles. The van der Waals surface area contributed by atoms with E-state index in [1.807, 2.05) is 49.5 Å². The van der Waals surface area contributed by atoms with Gasteiger partial charge in [-0.1, -0.05) is 55.2 Å². The molecule has 3 N–H and O–H groups in total. The number of amides is 1. The second-order valence-corrected chi connectivity index (χ2v) is 5.97. The number of nitrogens with two attached hydrogens (primary N) is 1. The zero-order valence-electron chi connectivity index (χ0n) is 16.2. The van der Waals surface area contributed by atoms with Crippen LogP contribution in [0.2, 0.25) is 0 Å². The molecule has 0 atom stereocenters. The summed E-state index contributed by atoms with van der Waals surface area (Å²) in [6.07, 6.45) is 18.5. The van der Waals surface area contributed by atoms with E-state index in [1.165, 1.54) is 6.20 Å². The van der Waals surface area contributed by atoms with Gasteiger partial charge in [-0.05, 0) is 36.8 Å². The maximum Gasteiger partial charge on any atom is 0.257 e. The van der Waals surface area contributed by atoms with Gasteiger partial charge in [-0.2, -0.15) is 0 Å². The fourth-order valence-corrected chi connectivity index (χ4v) is 2.60. The van der Waals surface area contributed by atoms with Gasteiger partial charge in [0.25, 0.3) is 5.91 Å². The van der Waals surface area contributed by atoms with Gasteiger partial charge in [0.1, 0.15) is 0 Å². The van der Waals surface area contributed by atoms with Crippen LogP contribution in [-0.4, -0.2) is 17.2 Å². The molecule has 0 radical (unpaired) electrons. The number of benzene rings is 1. The molecule has 0 aliphatic carbocycles. The Morgan fingerprint density at radius 1 is 1.17 bits per heavy atom. The molecular weight excluding hydrogens is 362 g/mol. The highest BCUT2D eigenvalue weighted by molar-refractivity contribution is 6.05. The smallest absolute Gasteiger partial charge is 0.257 e. The second-order valence-electron chi connectivity index (χ2n) is 5.97. The molecule has 0 saturated heterocycles. The van der Waals surface area contributed by atoms with Crippen molar-refractivity contribution >= 4 is 29.1 Å². The third-order valence-corrected chi connectivity index (χ3v) is 3.93. The van der Waals surface area contributed by atoms with Gasteiger partial charge in [0.2, 0.25) is 0 Å². The molecule has 2 aromatic rings. The molecule has 1 aromatic carbocycles. The quantitative estimate of drug-likeness (QED) is 0.381. The van der Waals surface area contributed by atoms with Gasteiger partial charge in [-0.25, -0.2) is 0 Å². The van der Waals surface area contributed by atoms with Crippen molar-refractivity contribution in [3.63, 3.8) is 0 Å². The van der Waals surface area contributed by atoms with E-state index in [9.17, 15) is 9.59 Å². The average Bonchev–Trinajstić information content (AvgIpc) is 2.74. The Hall–Kier alpha value is -3.99. The number of carbonyl (C=O) groups is 2. The Bertz CT molecular complexity index is 1000. The Kier molecular flexibility index (Phi) is 8.08. The highest BCUT2D eigenvalue weighted by Gasteiger charge is 2.13. The van der Waals surface area contributed by atoms with Gasteiger partial charge in [-0.15, -0.1) is 0 Å². The molecular formula is C24H23N3O2. The third-order valence-electron chi connectivity index (χ3n) is 3.93. The van der Waals surface area contributed by atoms with Crippen molar-refractivity contribution in [1.29, 1.82) is 0 Å². The van der Waals surface area contributed by atoms with Crippen molar-refractivity contribution < 1.29 is 9.59 Å². The Balaban J connectivity index is 2.32. The van der Waals surface area contributed by atoms with Gasteiger partial charge in [0, 0.05) is 34.9 Å².